The van der Waals surface area contributed by atoms with E-state index in [2.05, 4.69) is 27.7 Å². The molecule has 0 radical (unpaired) electrons. The molecule has 1 atom stereocenters. The molecule has 2 heterocycles. The molecule has 4 nitrogen and oxygen atoms in total. The Morgan fingerprint density at radius 3 is 2.81 bits per heavy atom. The molecule has 0 unspecified atom stereocenters. The number of hydrogen-bond acceptors (Lipinski definition) is 3. The van der Waals surface area contributed by atoms with Crippen LogP contribution in [0.25, 0.3) is 0 Å². The van der Waals surface area contributed by atoms with Gasteiger partial charge in [0.15, 0.2) is 0 Å². The largest absolute Gasteiger partial charge is 0.371 e. The van der Waals surface area contributed by atoms with Crippen molar-refractivity contribution in [2.45, 2.75) is 38.6 Å². The maximum absolute atomic E-state index is 12.7. The van der Waals surface area contributed by atoms with Crippen LogP contribution in [-0.2, 0) is 0 Å². The van der Waals surface area contributed by atoms with E-state index >= 15 is 0 Å². The number of anilines is 1. The number of nitrogens with zero attached hydrogens (tertiary/aromatic N) is 1. The lowest BCUT2D eigenvalue weighted by Crippen LogP contribution is -2.45. The average Bonchev–Trinajstić information content (AvgIpc) is 3.02. The summed E-state index contributed by atoms with van der Waals surface area (Å²) in [5.41, 5.74) is 3.08. The third-order valence-corrected chi connectivity index (χ3v) is 4.48. The zero-order valence-electron chi connectivity index (χ0n) is 12.8. The fraction of sp³-hybridized carbons (Fsp3) is 0.588. The van der Waals surface area contributed by atoms with Gasteiger partial charge in [-0.1, -0.05) is 11.6 Å². The van der Waals surface area contributed by atoms with E-state index in [0.29, 0.717) is 0 Å². The van der Waals surface area contributed by atoms with Gasteiger partial charge in [0.1, 0.15) is 0 Å². The quantitative estimate of drug-likeness (QED) is 0.894. The van der Waals surface area contributed by atoms with Gasteiger partial charge in [-0.05, 0) is 51.3 Å². The van der Waals surface area contributed by atoms with Crippen LogP contribution in [0.1, 0.15) is 41.6 Å². The fourth-order valence-electron chi connectivity index (χ4n) is 3.30. The lowest BCUT2D eigenvalue weighted by Gasteiger charge is -2.26. The monoisotopic (exact) mass is 287 g/mol. The molecule has 0 spiro atoms. The van der Waals surface area contributed by atoms with Crippen molar-refractivity contribution < 1.29 is 4.79 Å². The molecular weight excluding hydrogens is 262 g/mol. The van der Waals surface area contributed by atoms with Crippen molar-refractivity contribution in [1.82, 2.24) is 10.6 Å². The Morgan fingerprint density at radius 1 is 1.29 bits per heavy atom. The molecule has 2 saturated heterocycles. The van der Waals surface area contributed by atoms with E-state index in [1.807, 2.05) is 13.0 Å². The van der Waals surface area contributed by atoms with Crippen molar-refractivity contribution in [1.29, 1.82) is 0 Å². The lowest BCUT2D eigenvalue weighted by molar-refractivity contribution is 0.0931. The summed E-state index contributed by atoms with van der Waals surface area (Å²) >= 11 is 0. The molecule has 114 valence electrons. The molecule has 0 aliphatic carbocycles. The van der Waals surface area contributed by atoms with Crippen LogP contribution in [0.3, 0.4) is 0 Å². The van der Waals surface area contributed by atoms with Gasteiger partial charge in [0.05, 0.1) is 5.56 Å². The molecule has 0 bridgehead atoms. The van der Waals surface area contributed by atoms with Gasteiger partial charge in [-0.15, -0.1) is 0 Å². The van der Waals surface area contributed by atoms with Gasteiger partial charge in [0, 0.05) is 31.4 Å². The van der Waals surface area contributed by atoms with Crippen LogP contribution < -0.4 is 15.5 Å². The molecule has 1 aromatic rings. The van der Waals surface area contributed by atoms with E-state index in [9.17, 15) is 4.79 Å². The van der Waals surface area contributed by atoms with Gasteiger partial charge in [0.2, 0.25) is 0 Å². The van der Waals surface area contributed by atoms with Gasteiger partial charge in [-0.2, -0.15) is 0 Å². The van der Waals surface area contributed by atoms with Crippen LogP contribution in [-0.4, -0.2) is 38.1 Å². The first-order chi connectivity index (χ1) is 10.2. The average molecular weight is 287 g/mol. The van der Waals surface area contributed by atoms with Crippen LogP contribution in [0, 0.1) is 6.92 Å². The molecule has 3 rings (SSSR count). The number of carbonyl (C=O) groups excluding carboxylic acids is 1. The van der Waals surface area contributed by atoms with Crippen molar-refractivity contribution >= 4 is 11.6 Å². The Morgan fingerprint density at radius 2 is 2.10 bits per heavy atom. The van der Waals surface area contributed by atoms with Crippen molar-refractivity contribution in [2.75, 3.05) is 31.1 Å². The molecule has 21 heavy (non-hydrogen) atoms. The standard InChI is InChI=1S/C17H25N3O/c1-13-6-7-16(20-9-2-3-10-20)15(11-13)17(21)19-14-5-4-8-18-12-14/h6-7,11,14,18H,2-5,8-10,12H2,1H3,(H,19,21)/t14-/m0/s1. The van der Waals surface area contributed by atoms with Crippen molar-refractivity contribution in [3.8, 4) is 0 Å². The highest BCUT2D eigenvalue weighted by atomic mass is 16.1. The van der Waals surface area contributed by atoms with Gasteiger partial charge in [-0.25, -0.2) is 0 Å². The smallest absolute Gasteiger partial charge is 0.253 e. The van der Waals surface area contributed by atoms with Crippen LogP contribution in [0.2, 0.25) is 0 Å². The number of hydrogen-bond donors (Lipinski definition) is 2. The Kier molecular flexibility index (Phi) is 4.44. The molecular formula is C17H25N3O. The highest BCUT2D eigenvalue weighted by Crippen LogP contribution is 2.26. The Hall–Kier alpha value is -1.55. The minimum atomic E-state index is 0.0781. The van der Waals surface area contributed by atoms with Crippen molar-refractivity contribution in [3.63, 3.8) is 0 Å². The summed E-state index contributed by atoms with van der Waals surface area (Å²) in [5, 5.41) is 6.55. The highest BCUT2D eigenvalue weighted by Gasteiger charge is 2.22. The maximum atomic E-state index is 12.7. The van der Waals surface area contributed by atoms with Crippen molar-refractivity contribution in [2.24, 2.45) is 0 Å². The first kappa shape index (κ1) is 14.4. The third-order valence-electron chi connectivity index (χ3n) is 4.48. The van der Waals surface area contributed by atoms with Gasteiger partial charge >= 0.3 is 0 Å². The van der Waals surface area contributed by atoms with Gasteiger partial charge in [0.25, 0.3) is 5.91 Å². The predicted molar refractivity (Wildman–Crippen MR) is 86.0 cm³/mol. The number of nitrogens with one attached hydrogen (secondary N) is 2. The third kappa shape index (κ3) is 3.38. The van der Waals surface area contributed by atoms with E-state index < -0.39 is 0 Å². The second kappa shape index (κ2) is 6.48. The summed E-state index contributed by atoms with van der Waals surface area (Å²) in [6.07, 6.45) is 4.66. The molecule has 2 aliphatic rings. The summed E-state index contributed by atoms with van der Waals surface area (Å²) in [6, 6.07) is 6.50. The van der Waals surface area contributed by atoms with Gasteiger partial charge < -0.3 is 15.5 Å². The van der Waals surface area contributed by atoms with E-state index in [1.165, 1.54) is 12.8 Å². The summed E-state index contributed by atoms with van der Waals surface area (Å²) in [5.74, 6) is 0.0781. The number of piperidine rings is 1. The lowest BCUT2D eigenvalue weighted by atomic mass is 10.0. The van der Waals surface area contributed by atoms with E-state index in [1.54, 1.807) is 0 Å². The van der Waals surface area contributed by atoms with Crippen LogP contribution in [0.4, 0.5) is 5.69 Å². The molecule has 2 aliphatic heterocycles. The molecule has 2 fully saturated rings. The van der Waals surface area contributed by atoms with E-state index in [4.69, 9.17) is 0 Å². The van der Waals surface area contributed by atoms with E-state index in [0.717, 1.165) is 55.8 Å². The van der Waals surface area contributed by atoms with E-state index in [-0.39, 0.29) is 11.9 Å². The molecule has 1 aromatic carbocycles. The Balaban J connectivity index is 1.78. The summed E-state index contributed by atoms with van der Waals surface area (Å²) < 4.78 is 0. The minimum absolute atomic E-state index is 0.0781. The van der Waals surface area contributed by atoms with Gasteiger partial charge in [-0.3, -0.25) is 4.79 Å². The zero-order chi connectivity index (χ0) is 14.7. The minimum Gasteiger partial charge on any atom is -0.371 e. The summed E-state index contributed by atoms with van der Waals surface area (Å²) in [4.78, 5) is 15.0. The summed E-state index contributed by atoms with van der Waals surface area (Å²) in [6.45, 7) is 6.13. The number of aryl methyl sites for hydroxylation is 1. The molecule has 0 saturated carbocycles. The molecule has 4 heteroatoms. The molecule has 1 amide bonds. The normalized spacial score (nSPS) is 22.3. The highest BCUT2D eigenvalue weighted by molar-refractivity contribution is 6.00. The second-order valence-electron chi connectivity index (χ2n) is 6.23. The first-order valence-corrected chi connectivity index (χ1v) is 8.11. The number of amides is 1. The van der Waals surface area contributed by atoms with Crippen LogP contribution in [0.15, 0.2) is 18.2 Å². The fourth-order valence-corrected chi connectivity index (χ4v) is 3.30. The summed E-state index contributed by atoms with van der Waals surface area (Å²) in [7, 11) is 0. The maximum Gasteiger partial charge on any atom is 0.253 e. The topological polar surface area (TPSA) is 44.4 Å². The van der Waals surface area contributed by atoms with Crippen LogP contribution in [0.5, 0.6) is 0 Å². The Bertz CT molecular complexity index is 503. The number of benzene rings is 1. The molecule has 0 aromatic heterocycles. The number of rotatable bonds is 3. The van der Waals surface area contributed by atoms with Crippen molar-refractivity contribution in [3.05, 3.63) is 29.3 Å². The first-order valence-electron chi connectivity index (χ1n) is 8.11. The Labute approximate surface area is 126 Å². The second-order valence-corrected chi connectivity index (χ2v) is 6.23. The molecule has 2 N–H and O–H groups in total. The SMILES string of the molecule is Cc1ccc(N2CCCC2)c(C(=O)N[C@H]2CCCNC2)c1. The number of carbonyl (C=O) groups is 1. The zero-order valence-corrected chi connectivity index (χ0v) is 12.8. The predicted octanol–water partition coefficient (Wildman–Crippen LogP) is 2.08. The van der Waals surface area contributed by atoms with Crippen LogP contribution >= 0.6 is 0 Å².